The van der Waals surface area contributed by atoms with E-state index in [9.17, 15) is 19.2 Å². The van der Waals surface area contributed by atoms with Crippen LogP contribution in [0, 0.1) is 17.8 Å². The number of imide groups is 2. The van der Waals surface area contributed by atoms with E-state index >= 15 is 0 Å². The Labute approximate surface area is 253 Å². The van der Waals surface area contributed by atoms with Gasteiger partial charge in [-0.25, -0.2) is 0 Å². The second kappa shape index (κ2) is 10.2. The van der Waals surface area contributed by atoms with Crippen molar-refractivity contribution in [3.63, 3.8) is 0 Å². The summed E-state index contributed by atoms with van der Waals surface area (Å²) in [6.07, 6.45) is 2.20. The molecule has 2 aliphatic carbocycles. The van der Waals surface area contributed by atoms with E-state index in [2.05, 4.69) is 15.9 Å². The topological polar surface area (TPSA) is 104 Å². The summed E-state index contributed by atoms with van der Waals surface area (Å²) in [6.45, 7) is 0.175. The number of benzene rings is 1. The number of carbonyl (C=O) groups is 4. The summed E-state index contributed by atoms with van der Waals surface area (Å²) >= 11 is 19.2. The number of hydrogen-bond acceptors (Lipinski definition) is 7. The SMILES string of the molecule is O=C1[C@H]2[C@H](CC=C3[C@H]2C[C@@]2(Cl)C(=O)N(CBr)C(=O)[C@@]2(Cl)[C@H]3c2ccc(OCCO)cc2)C(=O)N1Cc1cccs1. The first-order valence-corrected chi connectivity index (χ1v) is 15.6. The molecule has 3 heterocycles. The van der Waals surface area contributed by atoms with Crippen LogP contribution in [0.5, 0.6) is 5.75 Å². The number of nitrogens with zero attached hydrogens (tertiary/aromatic N) is 2. The molecular formula is C28H25BrCl2N2O6S. The highest BCUT2D eigenvalue weighted by atomic mass is 79.9. The van der Waals surface area contributed by atoms with Crippen molar-refractivity contribution in [3.8, 4) is 5.75 Å². The first-order valence-electron chi connectivity index (χ1n) is 12.9. The predicted octanol–water partition coefficient (Wildman–Crippen LogP) is 4.03. The molecule has 1 aromatic heterocycles. The van der Waals surface area contributed by atoms with Crippen LogP contribution in [-0.4, -0.2) is 67.0 Å². The number of likely N-dealkylation sites (tertiary alicyclic amines) is 2. The van der Waals surface area contributed by atoms with Gasteiger partial charge < -0.3 is 9.84 Å². The lowest BCUT2D eigenvalue weighted by Crippen LogP contribution is -2.60. The van der Waals surface area contributed by atoms with Gasteiger partial charge in [0.25, 0.3) is 11.8 Å². The Balaban J connectivity index is 1.45. The van der Waals surface area contributed by atoms with Crippen molar-refractivity contribution < 1.29 is 29.0 Å². The summed E-state index contributed by atoms with van der Waals surface area (Å²) in [6, 6.07) is 10.7. The van der Waals surface area contributed by atoms with Crippen molar-refractivity contribution in [2.24, 2.45) is 17.8 Å². The van der Waals surface area contributed by atoms with Gasteiger partial charge in [0, 0.05) is 10.8 Å². The summed E-state index contributed by atoms with van der Waals surface area (Å²) in [5, 5.41) is 11.0. The molecule has 0 spiro atoms. The van der Waals surface area contributed by atoms with Gasteiger partial charge in [0.2, 0.25) is 11.8 Å². The number of ether oxygens (including phenoxy) is 1. The first kappa shape index (κ1) is 27.9. The number of halogens is 3. The number of rotatable bonds is 7. The maximum atomic E-state index is 13.9. The molecule has 6 atom stereocenters. The lowest BCUT2D eigenvalue weighted by atomic mass is 9.56. The van der Waals surface area contributed by atoms with Gasteiger partial charge in [-0.2, -0.15) is 0 Å². The smallest absolute Gasteiger partial charge is 0.254 e. The van der Waals surface area contributed by atoms with Crippen molar-refractivity contribution in [1.29, 1.82) is 0 Å². The monoisotopic (exact) mass is 666 g/mol. The van der Waals surface area contributed by atoms with Crippen LogP contribution in [-0.2, 0) is 25.7 Å². The average Bonchev–Trinajstić information content (AvgIpc) is 3.59. The molecule has 1 aromatic carbocycles. The fraction of sp³-hybridized carbons (Fsp3) is 0.429. The van der Waals surface area contributed by atoms with E-state index in [1.807, 2.05) is 23.6 Å². The number of aliphatic hydroxyl groups is 1. The normalized spacial score (nSPS) is 33.1. The minimum absolute atomic E-state index is 0.0425. The van der Waals surface area contributed by atoms with Crippen LogP contribution in [0.3, 0.4) is 0 Å². The highest BCUT2D eigenvalue weighted by molar-refractivity contribution is 9.09. The van der Waals surface area contributed by atoms with Crippen LogP contribution < -0.4 is 4.74 Å². The second-order valence-electron chi connectivity index (χ2n) is 10.5. The Kier molecular flexibility index (Phi) is 7.14. The molecule has 2 saturated heterocycles. The average molecular weight is 668 g/mol. The van der Waals surface area contributed by atoms with Crippen LogP contribution in [0.25, 0.3) is 0 Å². The van der Waals surface area contributed by atoms with E-state index < -0.39 is 45.2 Å². The number of amides is 4. The van der Waals surface area contributed by atoms with Gasteiger partial charge in [-0.05, 0) is 47.9 Å². The van der Waals surface area contributed by atoms with Gasteiger partial charge in [-0.3, -0.25) is 29.0 Å². The first-order chi connectivity index (χ1) is 19.2. The Morgan fingerprint density at radius 1 is 1.02 bits per heavy atom. The number of carbonyl (C=O) groups excluding carboxylic acids is 4. The zero-order valence-electron chi connectivity index (χ0n) is 21.1. The molecule has 0 bridgehead atoms. The molecule has 2 aliphatic heterocycles. The molecule has 40 heavy (non-hydrogen) atoms. The van der Waals surface area contributed by atoms with Crippen molar-refractivity contribution >= 4 is 74.1 Å². The molecule has 8 nitrogen and oxygen atoms in total. The Bertz CT molecular complexity index is 1420. The molecular weight excluding hydrogens is 643 g/mol. The van der Waals surface area contributed by atoms with Gasteiger partial charge >= 0.3 is 0 Å². The summed E-state index contributed by atoms with van der Waals surface area (Å²) < 4.78 is 5.50. The van der Waals surface area contributed by atoms with Crippen LogP contribution in [0.2, 0.25) is 0 Å². The number of aliphatic hydroxyl groups excluding tert-OH is 1. The molecule has 1 saturated carbocycles. The highest BCUT2D eigenvalue weighted by Gasteiger charge is 2.76. The van der Waals surface area contributed by atoms with Crippen LogP contribution in [0.15, 0.2) is 53.4 Å². The Morgan fingerprint density at radius 3 is 2.42 bits per heavy atom. The fourth-order valence-electron chi connectivity index (χ4n) is 6.83. The molecule has 0 unspecified atom stereocenters. The van der Waals surface area contributed by atoms with E-state index in [0.717, 1.165) is 15.4 Å². The van der Waals surface area contributed by atoms with Gasteiger partial charge in [-0.15, -0.1) is 34.5 Å². The largest absolute Gasteiger partial charge is 0.491 e. The quantitative estimate of drug-likeness (QED) is 0.207. The zero-order valence-corrected chi connectivity index (χ0v) is 25.0. The van der Waals surface area contributed by atoms with E-state index in [1.165, 1.54) is 16.2 Å². The van der Waals surface area contributed by atoms with Gasteiger partial charge in [0.05, 0.1) is 30.4 Å². The second-order valence-corrected chi connectivity index (χ2v) is 13.2. The Hall–Kier alpha value is -2.24. The van der Waals surface area contributed by atoms with Crippen molar-refractivity contribution in [2.75, 3.05) is 18.7 Å². The van der Waals surface area contributed by atoms with Crippen molar-refractivity contribution in [3.05, 3.63) is 63.9 Å². The summed E-state index contributed by atoms with van der Waals surface area (Å²) in [7, 11) is 0. The molecule has 1 N–H and O–H groups in total. The standard InChI is InChI=1S/C28H25BrCl2N2O6S/c29-14-33-25(37)27(30)12-20-18(7-8-19-21(20)24(36)32(23(19)35)13-17-2-1-11-40-17)22(28(27,31)26(33)38)15-3-5-16(6-4-15)39-10-9-34/h1-7,11,19-22,34H,8-10,12-14H2/t19-,20+,21-,22-,27+,28-/m0/s1. The number of allylic oxidation sites excluding steroid dienone is 2. The maximum Gasteiger partial charge on any atom is 0.254 e. The molecule has 210 valence electrons. The summed E-state index contributed by atoms with van der Waals surface area (Å²) in [4.78, 5) is 54.4. The molecule has 4 amide bonds. The van der Waals surface area contributed by atoms with Crippen LogP contribution >= 0.6 is 50.5 Å². The third kappa shape index (κ3) is 3.86. The lowest BCUT2D eigenvalue weighted by molar-refractivity contribution is -0.141. The molecule has 12 heteroatoms. The minimum atomic E-state index is -1.84. The molecule has 6 rings (SSSR count). The number of hydrogen-bond donors (Lipinski definition) is 1. The zero-order chi connectivity index (χ0) is 28.4. The minimum Gasteiger partial charge on any atom is -0.491 e. The maximum absolute atomic E-state index is 13.9. The number of fused-ring (bicyclic) bond motifs is 4. The summed E-state index contributed by atoms with van der Waals surface area (Å²) in [5.41, 5.74) is 1.31. The molecule has 2 aromatic rings. The van der Waals surface area contributed by atoms with E-state index in [4.69, 9.17) is 33.0 Å². The predicted molar refractivity (Wildman–Crippen MR) is 152 cm³/mol. The van der Waals surface area contributed by atoms with E-state index in [1.54, 1.807) is 24.3 Å². The van der Waals surface area contributed by atoms with Gasteiger partial charge in [0.15, 0.2) is 9.75 Å². The summed E-state index contributed by atoms with van der Waals surface area (Å²) in [5.74, 6) is -3.90. The molecule has 0 radical (unpaired) electrons. The van der Waals surface area contributed by atoms with Gasteiger partial charge in [0.1, 0.15) is 12.4 Å². The van der Waals surface area contributed by atoms with Crippen molar-refractivity contribution in [1.82, 2.24) is 9.80 Å². The third-order valence-electron chi connectivity index (χ3n) is 8.57. The molecule has 3 fully saturated rings. The highest BCUT2D eigenvalue weighted by Crippen LogP contribution is 2.65. The fourth-order valence-corrected chi connectivity index (χ4v) is 8.94. The molecule has 4 aliphatic rings. The van der Waals surface area contributed by atoms with E-state index in [0.29, 0.717) is 17.7 Å². The van der Waals surface area contributed by atoms with Crippen molar-refractivity contribution in [2.45, 2.75) is 35.1 Å². The van der Waals surface area contributed by atoms with Gasteiger partial charge in [-0.1, -0.05) is 45.8 Å². The van der Waals surface area contributed by atoms with Crippen LogP contribution in [0.1, 0.15) is 29.2 Å². The number of thiophene rings is 1. The van der Waals surface area contributed by atoms with E-state index in [-0.39, 0.29) is 43.4 Å². The third-order valence-corrected chi connectivity index (χ3v) is 11.3. The van der Waals surface area contributed by atoms with Crippen LogP contribution in [0.4, 0.5) is 0 Å². The Morgan fingerprint density at radius 2 is 1.77 bits per heavy atom. The lowest BCUT2D eigenvalue weighted by Gasteiger charge is -2.50. The number of alkyl halides is 3.